The van der Waals surface area contributed by atoms with Gasteiger partial charge in [-0.2, -0.15) is 0 Å². The average molecular weight is 421 g/mol. The molecule has 1 spiro atoms. The Balaban J connectivity index is 0.000000806. The molecule has 3 heterocycles. The third kappa shape index (κ3) is 5.01. The van der Waals surface area contributed by atoms with Crippen molar-refractivity contribution in [1.29, 1.82) is 0 Å². The van der Waals surface area contributed by atoms with E-state index in [9.17, 15) is 9.18 Å². The average Bonchev–Trinajstić information content (AvgIpc) is 3.39. The van der Waals surface area contributed by atoms with Gasteiger partial charge in [0.2, 0.25) is 0 Å². The topological polar surface area (TPSA) is 78.9 Å². The number of aryl methyl sites for hydroxylation is 1. The molecule has 1 amide bonds. The summed E-state index contributed by atoms with van der Waals surface area (Å²) in [4.78, 5) is 23.3. The molecule has 7 heteroatoms. The number of unbranched alkanes of at least 4 members (excludes halogenated alkanes) is 2. The predicted molar refractivity (Wildman–Crippen MR) is 112 cm³/mol. The second-order valence-electron chi connectivity index (χ2n) is 8.70. The van der Waals surface area contributed by atoms with Gasteiger partial charge in [-0.05, 0) is 57.7 Å². The van der Waals surface area contributed by atoms with Crippen LogP contribution in [0.4, 0.5) is 4.39 Å². The molecule has 2 N–H and O–H groups in total. The van der Waals surface area contributed by atoms with E-state index in [-0.39, 0.29) is 24.7 Å². The van der Waals surface area contributed by atoms with Crippen LogP contribution in [0.3, 0.4) is 0 Å². The summed E-state index contributed by atoms with van der Waals surface area (Å²) in [7, 11) is 0. The van der Waals surface area contributed by atoms with Crippen molar-refractivity contribution in [2.75, 3.05) is 32.9 Å². The highest BCUT2D eigenvalue weighted by Crippen LogP contribution is 2.54. The number of carboxylic acid groups (broad SMARTS) is 1. The molecule has 4 rings (SSSR count). The molecule has 3 saturated heterocycles. The zero-order valence-corrected chi connectivity index (χ0v) is 17.7. The maximum absolute atomic E-state index is 12.5. The highest BCUT2D eigenvalue weighted by atomic mass is 19.1. The number of nitrogens with one attached hydrogen (secondary N) is 1. The molecular weight excluding hydrogens is 387 g/mol. The fourth-order valence-corrected chi connectivity index (χ4v) is 5.35. The Hall–Kier alpha value is -1.99. The number of benzene rings is 1. The zero-order valence-electron chi connectivity index (χ0n) is 17.7. The summed E-state index contributed by atoms with van der Waals surface area (Å²) < 4.78 is 18.7. The van der Waals surface area contributed by atoms with E-state index < -0.39 is 0 Å². The molecule has 6 nitrogen and oxygen atoms in total. The number of nitrogens with zero attached hydrogens (tertiary/aromatic N) is 1. The van der Waals surface area contributed by atoms with Gasteiger partial charge in [0.05, 0.1) is 18.4 Å². The van der Waals surface area contributed by atoms with E-state index in [1.54, 1.807) is 0 Å². The molecule has 30 heavy (non-hydrogen) atoms. The molecule has 3 aliphatic heterocycles. The molecule has 2 bridgehead atoms. The lowest BCUT2D eigenvalue weighted by Gasteiger charge is -2.29. The number of likely N-dealkylation sites (tertiary alicyclic amines) is 1. The van der Waals surface area contributed by atoms with Crippen LogP contribution >= 0.6 is 0 Å². The second-order valence-corrected chi connectivity index (χ2v) is 8.70. The molecule has 3 fully saturated rings. The van der Waals surface area contributed by atoms with Crippen molar-refractivity contribution in [1.82, 2.24) is 10.2 Å². The number of rotatable bonds is 8. The van der Waals surface area contributed by atoms with Crippen LogP contribution in [0, 0.1) is 18.8 Å². The third-order valence-corrected chi connectivity index (χ3v) is 6.77. The Kier molecular flexibility index (Phi) is 7.83. The number of carbonyl (C=O) groups is 2. The van der Waals surface area contributed by atoms with Crippen LogP contribution in [0.5, 0.6) is 0 Å². The SMILES string of the molecule is Cc1ccc(C(=O)NC[C@H]2[C@H]3CN(CCCCCF)C[C@]34CC[C@H]2O4)cc1.O=CO. The fourth-order valence-electron chi connectivity index (χ4n) is 5.35. The first-order valence-electron chi connectivity index (χ1n) is 10.9. The number of hydrogen-bond donors (Lipinski definition) is 2. The minimum atomic E-state index is -0.250. The molecular formula is C23H33FN2O4. The lowest BCUT2D eigenvalue weighted by atomic mass is 9.73. The second kappa shape index (κ2) is 10.4. The van der Waals surface area contributed by atoms with E-state index in [0.29, 0.717) is 30.9 Å². The van der Waals surface area contributed by atoms with E-state index >= 15 is 0 Å². The van der Waals surface area contributed by atoms with Crippen molar-refractivity contribution in [3.8, 4) is 0 Å². The smallest absolute Gasteiger partial charge is 0.290 e. The molecule has 0 radical (unpaired) electrons. The molecule has 1 aromatic rings. The van der Waals surface area contributed by atoms with Crippen LogP contribution < -0.4 is 5.32 Å². The lowest BCUT2D eigenvalue weighted by Crippen LogP contribution is -2.41. The van der Waals surface area contributed by atoms with Crippen LogP contribution in [-0.4, -0.2) is 66.9 Å². The molecule has 1 aromatic carbocycles. The van der Waals surface area contributed by atoms with Crippen molar-refractivity contribution in [2.24, 2.45) is 11.8 Å². The number of halogens is 1. The van der Waals surface area contributed by atoms with Crippen molar-refractivity contribution >= 4 is 12.4 Å². The van der Waals surface area contributed by atoms with Gasteiger partial charge in [-0.25, -0.2) is 0 Å². The molecule has 4 atom stereocenters. The van der Waals surface area contributed by atoms with Crippen LogP contribution in [0.25, 0.3) is 0 Å². The summed E-state index contributed by atoms with van der Waals surface area (Å²) >= 11 is 0. The predicted octanol–water partition coefficient (Wildman–Crippen LogP) is 3.04. The number of hydrogen-bond acceptors (Lipinski definition) is 4. The Bertz CT molecular complexity index is 714. The van der Waals surface area contributed by atoms with Crippen LogP contribution in [0.2, 0.25) is 0 Å². The summed E-state index contributed by atoms with van der Waals surface area (Å²) in [6, 6.07) is 7.72. The molecule has 3 aliphatic rings. The largest absolute Gasteiger partial charge is 0.483 e. The van der Waals surface area contributed by atoms with E-state index in [2.05, 4.69) is 10.2 Å². The Morgan fingerprint density at radius 2 is 2.07 bits per heavy atom. The van der Waals surface area contributed by atoms with Gasteiger partial charge in [0.15, 0.2) is 0 Å². The molecule has 0 aliphatic carbocycles. The van der Waals surface area contributed by atoms with Gasteiger partial charge >= 0.3 is 0 Å². The quantitative estimate of drug-likeness (QED) is 0.499. The zero-order chi connectivity index (χ0) is 21.6. The first-order chi connectivity index (χ1) is 14.5. The van der Waals surface area contributed by atoms with Gasteiger partial charge in [-0.1, -0.05) is 17.7 Å². The van der Waals surface area contributed by atoms with Gasteiger partial charge in [0, 0.05) is 37.0 Å². The normalized spacial score (nSPS) is 29.2. The molecule has 0 saturated carbocycles. The Morgan fingerprint density at radius 3 is 2.77 bits per heavy atom. The summed E-state index contributed by atoms with van der Waals surface area (Å²) in [6.45, 7) is 5.36. The van der Waals surface area contributed by atoms with Crippen LogP contribution in [-0.2, 0) is 9.53 Å². The van der Waals surface area contributed by atoms with E-state index in [0.717, 1.165) is 56.4 Å². The number of alkyl halides is 1. The lowest BCUT2D eigenvalue weighted by molar-refractivity contribution is -0.122. The van der Waals surface area contributed by atoms with Crippen molar-refractivity contribution < 1.29 is 23.8 Å². The van der Waals surface area contributed by atoms with E-state index in [1.807, 2.05) is 31.2 Å². The molecule has 166 valence electrons. The van der Waals surface area contributed by atoms with Crippen molar-refractivity contribution in [3.05, 3.63) is 35.4 Å². The number of carbonyl (C=O) groups excluding carboxylic acids is 1. The summed E-state index contributed by atoms with van der Waals surface area (Å²) in [5.41, 5.74) is 1.89. The monoisotopic (exact) mass is 420 g/mol. The summed E-state index contributed by atoms with van der Waals surface area (Å²) in [6.07, 6.45) is 5.24. The van der Waals surface area contributed by atoms with Crippen molar-refractivity contribution in [2.45, 2.75) is 50.7 Å². The Morgan fingerprint density at radius 1 is 1.33 bits per heavy atom. The standard InChI is InChI=1S/C22H31FN2O2.CH2O2/c1-16-5-7-17(8-6-16)21(26)24-13-18-19-14-25(12-4-2-3-11-23)15-22(19)10-9-20(18)27-22;2-1-3/h5-8,18-20H,2-4,9-15H2,1H3,(H,24,26);1H,(H,2,3)/t18-,19+,20+,22+;/m0./s1. The van der Waals surface area contributed by atoms with Gasteiger partial charge in [-0.15, -0.1) is 0 Å². The van der Waals surface area contributed by atoms with Gasteiger partial charge in [-0.3, -0.25) is 14.0 Å². The number of ether oxygens (including phenoxy) is 1. The number of fused-ring (bicyclic) bond motifs is 1. The highest BCUT2D eigenvalue weighted by Gasteiger charge is 2.62. The van der Waals surface area contributed by atoms with Crippen LogP contribution in [0.1, 0.15) is 48.0 Å². The first-order valence-corrected chi connectivity index (χ1v) is 10.9. The van der Waals surface area contributed by atoms with Crippen molar-refractivity contribution in [3.63, 3.8) is 0 Å². The minimum absolute atomic E-state index is 0.00398. The van der Waals surface area contributed by atoms with Gasteiger partial charge in [0.25, 0.3) is 12.4 Å². The summed E-state index contributed by atoms with van der Waals surface area (Å²) in [5.74, 6) is 0.924. The molecule has 0 unspecified atom stereocenters. The van der Waals surface area contributed by atoms with Crippen LogP contribution in [0.15, 0.2) is 24.3 Å². The maximum Gasteiger partial charge on any atom is 0.290 e. The van der Waals surface area contributed by atoms with Gasteiger partial charge < -0.3 is 20.1 Å². The van der Waals surface area contributed by atoms with E-state index in [1.165, 1.54) is 0 Å². The maximum atomic E-state index is 12.5. The Labute approximate surface area is 177 Å². The molecule has 0 aromatic heterocycles. The fraction of sp³-hybridized carbons (Fsp3) is 0.652. The number of amides is 1. The van der Waals surface area contributed by atoms with E-state index in [4.69, 9.17) is 14.6 Å². The third-order valence-electron chi connectivity index (χ3n) is 6.77. The van der Waals surface area contributed by atoms with Gasteiger partial charge in [0.1, 0.15) is 0 Å². The summed E-state index contributed by atoms with van der Waals surface area (Å²) in [5, 5.41) is 10.0. The minimum Gasteiger partial charge on any atom is -0.483 e. The highest BCUT2D eigenvalue weighted by molar-refractivity contribution is 5.94. The first kappa shape index (κ1) is 22.7.